The number of hydrogen-bond donors (Lipinski definition) is 0. The Labute approximate surface area is 95.3 Å². The molecule has 1 aromatic heterocycles. The number of hydrogen-bond acceptors (Lipinski definition) is 2. The van der Waals surface area contributed by atoms with Crippen molar-refractivity contribution < 1.29 is 26.7 Å². The van der Waals surface area contributed by atoms with E-state index in [4.69, 9.17) is 0 Å². The monoisotopic (exact) mass is 308 g/mol. The number of nitrogens with zero attached hydrogens (tertiary/aromatic N) is 2. The first-order chi connectivity index (χ1) is 7.27. The topological polar surface area (TPSA) is 27.1 Å². The fourth-order valence-electron chi connectivity index (χ4n) is 1.20. The molecule has 0 atom stereocenters. The Bertz CT molecular complexity index is 376. The van der Waals surface area contributed by atoms with Crippen molar-refractivity contribution in [2.45, 2.75) is 18.1 Å². The van der Waals surface area contributed by atoms with Crippen LogP contribution in [0, 0.1) is 0 Å². The highest BCUT2D eigenvalue weighted by atomic mass is 79.9. The average molecular weight is 309 g/mol. The van der Waals surface area contributed by atoms with Crippen LogP contribution in [-0.2, 0) is 18.6 Å². The van der Waals surface area contributed by atoms with Crippen molar-refractivity contribution in [3.63, 3.8) is 0 Å². The Kier molecular flexibility index (Phi) is 3.76. The Balaban J connectivity index is 3.24. The van der Waals surface area contributed by atoms with Crippen LogP contribution in [0.1, 0.15) is 11.3 Å². The van der Waals surface area contributed by atoms with E-state index >= 15 is 0 Å². The van der Waals surface area contributed by atoms with Gasteiger partial charge < -0.3 is 4.74 Å². The molecule has 0 spiro atoms. The van der Waals surface area contributed by atoms with Gasteiger partial charge in [0, 0.05) is 12.4 Å². The zero-order valence-corrected chi connectivity index (χ0v) is 9.44. The van der Waals surface area contributed by atoms with Gasteiger partial charge in [0.05, 0.1) is 5.56 Å². The van der Waals surface area contributed by atoms with Crippen LogP contribution in [0.2, 0.25) is 0 Å². The molecular formula is C7H6BrF5N2O. The first-order valence-corrected chi connectivity index (χ1v) is 5.03. The predicted octanol–water partition coefficient (Wildman–Crippen LogP) is 2.94. The fraction of sp³-hybridized carbons (Fsp3) is 0.571. The molecule has 0 bridgehead atoms. The lowest BCUT2D eigenvalue weighted by molar-refractivity contribution is -0.144. The third kappa shape index (κ3) is 2.63. The van der Waals surface area contributed by atoms with Crippen molar-refractivity contribution in [2.75, 3.05) is 0 Å². The molecule has 0 aliphatic carbocycles. The normalized spacial score (nSPS) is 12.2. The molecule has 16 heavy (non-hydrogen) atoms. The van der Waals surface area contributed by atoms with Crippen LogP contribution < -0.4 is 4.74 Å². The van der Waals surface area contributed by atoms with Crippen molar-refractivity contribution in [1.82, 2.24) is 9.78 Å². The molecule has 0 unspecified atom stereocenters. The number of rotatable bonds is 3. The molecule has 0 amide bonds. The molecule has 1 rings (SSSR count). The SMILES string of the molecule is Cn1nc(OC(F)F)c(CBr)c1C(F)(F)F. The molecule has 1 heterocycles. The smallest absolute Gasteiger partial charge is 0.415 e. The van der Waals surface area contributed by atoms with Crippen LogP contribution >= 0.6 is 15.9 Å². The van der Waals surface area contributed by atoms with E-state index in [1.54, 1.807) is 0 Å². The molecule has 0 N–H and O–H groups in total. The quantitative estimate of drug-likeness (QED) is 0.634. The molecule has 9 heteroatoms. The minimum Gasteiger partial charge on any atom is -0.415 e. The zero-order valence-electron chi connectivity index (χ0n) is 7.85. The van der Waals surface area contributed by atoms with Gasteiger partial charge in [-0.1, -0.05) is 15.9 Å². The largest absolute Gasteiger partial charge is 0.433 e. The van der Waals surface area contributed by atoms with Gasteiger partial charge in [0.25, 0.3) is 0 Å². The maximum atomic E-state index is 12.5. The molecule has 3 nitrogen and oxygen atoms in total. The van der Waals surface area contributed by atoms with Gasteiger partial charge in [-0.05, 0) is 0 Å². The molecular weight excluding hydrogens is 303 g/mol. The molecule has 0 radical (unpaired) electrons. The lowest BCUT2D eigenvalue weighted by atomic mass is 10.2. The lowest BCUT2D eigenvalue weighted by Crippen LogP contribution is -2.13. The minimum atomic E-state index is -4.67. The first-order valence-electron chi connectivity index (χ1n) is 3.91. The molecule has 0 saturated carbocycles. The van der Waals surface area contributed by atoms with Gasteiger partial charge in [0.1, 0.15) is 5.69 Å². The van der Waals surface area contributed by atoms with Gasteiger partial charge in [0.2, 0.25) is 5.88 Å². The highest BCUT2D eigenvalue weighted by molar-refractivity contribution is 9.08. The summed E-state index contributed by atoms with van der Waals surface area (Å²) in [6.07, 6.45) is -4.67. The van der Waals surface area contributed by atoms with E-state index < -0.39 is 29.9 Å². The van der Waals surface area contributed by atoms with Gasteiger partial charge >= 0.3 is 12.8 Å². The van der Waals surface area contributed by atoms with Crippen molar-refractivity contribution in [2.24, 2.45) is 7.05 Å². The Hall–Kier alpha value is -0.860. The van der Waals surface area contributed by atoms with Gasteiger partial charge in [-0.15, -0.1) is 5.10 Å². The van der Waals surface area contributed by atoms with Crippen LogP contribution in [-0.4, -0.2) is 16.4 Å². The summed E-state index contributed by atoms with van der Waals surface area (Å²) in [7, 11) is 1.01. The summed E-state index contributed by atoms with van der Waals surface area (Å²) in [5.41, 5.74) is -1.56. The molecule has 0 aliphatic rings. The van der Waals surface area contributed by atoms with E-state index in [1.807, 2.05) is 0 Å². The summed E-state index contributed by atoms with van der Waals surface area (Å²) in [5.74, 6) is -0.721. The predicted molar refractivity (Wildman–Crippen MR) is 47.5 cm³/mol. The van der Waals surface area contributed by atoms with E-state index in [2.05, 4.69) is 25.8 Å². The molecule has 0 fully saturated rings. The summed E-state index contributed by atoms with van der Waals surface area (Å²) in [4.78, 5) is 0. The number of alkyl halides is 6. The van der Waals surface area contributed by atoms with Gasteiger partial charge in [-0.2, -0.15) is 22.0 Å². The second kappa shape index (κ2) is 4.56. The summed E-state index contributed by atoms with van der Waals surface area (Å²) < 4.78 is 65.7. The number of ether oxygens (including phenoxy) is 1. The second-order valence-electron chi connectivity index (χ2n) is 2.77. The highest BCUT2D eigenvalue weighted by Gasteiger charge is 2.39. The van der Waals surface area contributed by atoms with Crippen LogP contribution in [0.3, 0.4) is 0 Å². The van der Waals surface area contributed by atoms with Gasteiger partial charge in [-0.25, -0.2) is 0 Å². The van der Waals surface area contributed by atoms with Crippen LogP contribution in [0.4, 0.5) is 22.0 Å². The standard InChI is InChI=1S/C7H6BrF5N2O/c1-15-4(7(11,12)13)3(2-8)5(14-15)16-6(9)10/h6H,2H2,1H3. The highest BCUT2D eigenvalue weighted by Crippen LogP contribution is 2.37. The summed E-state index contributed by atoms with van der Waals surface area (Å²) in [5, 5.41) is 2.97. The Morgan fingerprint density at radius 3 is 2.38 bits per heavy atom. The summed E-state index contributed by atoms with van der Waals surface area (Å²) >= 11 is 2.78. The number of aromatic nitrogens is 2. The fourth-order valence-corrected chi connectivity index (χ4v) is 1.70. The average Bonchev–Trinajstić information content (AvgIpc) is 2.39. The Morgan fingerprint density at radius 1 is 1.44 bits per heavy atom. The van der Waals surface area contributed by atoms with Crippen LogP contribution in [0.5, 0.6) is 5.88 Å². The molecule has 0 aliphatic heterocycles. The second-order valence-corrected chi connectivity index (χ2v) is 3.33. The lowest BCUT2D eigenvalue weighted by Gasteiger charge is -2.08. The maximum absolute atomic E-state index is 12.5. The zero-order chi connectivity index (χ0) is 12.5. The number of aryl methyl sites for hydroxylation is 1. The Morgan fingerprint density at radius 2 is 2.00 bits per heavy atom. The van der Waals surface area contributed by atoms with Crippen LogP contribution in [0.15, 0.2) is 0 Å². The molecule has 92 valence electrons. The van der Waals surface area contributed by atoms with Crippen molar-refractivity contribution >= 4 is 15.9 Å². The van der Waals surface area contributed by atoms with Crippen molar-refractivity contribution in [3.05, 3.63) is 11.3 Å². The van der Waals surface area contributed by atoms with E-state index in [-0.39, 0.29) is 5.33 Å². The first kappa shape index (κ1) is 13.2. The number of halogens is 6. The van der Waals surface area contributed by atoms with Crippen LogP contribution in [0.25, 0.3) is 0 Å². The van der Waals surface area contributed by atoms with E-state index in [0.29, 0.717) is 4.68 Å². The minimum absolute atomic E-state index is 0.280. The maximum Gasteiger partial charge on any atom is 0.433 e. The third-order valence-corrected chi connectivity index (χ3v) is 2.27. The van der Waals surface area contributed by atoms with Gasteiger partial charge in [0.15, 0.2) is 0 Å². The molecule has 0 aromatic carbocycles. The van der Waals surface area contributed by atoms with Crippen molar-refractivity contribution in [1.29, 1.82) is 0 Å². The molecule has 1 aromatic rings. The summed E-state index contributed by atoms with van der Waals surface area (Å²) in [6, 6.07) is 0. The van der Waals surface area contributed by atoms with E-state index in [9.17, 15) is 22.0 Å². The summed E-state index contributed by atoms with van der Waals surface area (Å²) in [6.45, 7) is -3.21. The van der Waals surface area contributed by atoms with Gasteiger partial charge in [-0.3, -0.25) is 4.68 Å². The molecule has 0 saturated heterocycles. The third-order valence-electron chi connectivity index (χ3n) is 1.71. The van der Waals surface area contributed by atoms with Crippen molar-refractivity contribution in [3.8, 4) is 5.88 Å². The van der Waals surface area contributed by atoms with E-state index in [0.717, 1.165) is 7.05 Å². The van der Waals surface area contributed by atoms with E-state index in [1.165, 1.54) is 0 Å².